The standard InChI is InChI=1S/C13H28O/c1-4-8-13(5-2)10-7-6-9-12(3)11-14/h12-14H,4-11H2,1-3H3. The predicted octanol–water partition coefficient (Wildman–Crippen LogP) is 4.00. The van der Waals surface area contributed by atoms with Crippen molar-refractivity contribution in [3.63, 3.8) is 0 Å². The van der Waals surface area contributed by atoms with Gasteiger partial charge in [-0.3, -0.25) is 0 Å². The highest BCUT2D eigenvalue weighted by atomic mass is 16.3. The van der Waals surface area contributed by atoms with E-state index in [0.29, 0.717) is 12.5 Å². The van der Waals surface area contributed by atoms with Crippen molar-refractivity contribution >= 4 is 0 Å². The van der Waals surface area contributed by atoms with Crippen LogP contribution in [0.3, 0.4) is 0 Å². The summed E-state index contributed by atoms with van der Waals surface area (Å²) in [6.45, 7) is 7.06. The van der Waals surface area contributed by atoms with Crippen molar-refractivity contribution in [1.29, 1.82) is 0 Å². The van der Waals surface area contributed by atoms with Crippen LogP contribution in [0.4, 0.5) is 0 Å². The number of rotatable bonds is 9. The maximum atomic E-state index is 8.87. The molecule has 2 unspecified atom stereocenters. The van der Waals surface area contributed by atoms with Gasteiger partial charge in [-0.1, -0.05) is 59.3 Å². The highest BCUT2D eigenvalue weighted by Gasteiger charge is 2.05. The summed E-state index contributed by atoms with van der Waals surface area (Å²) in [5, 5.41) is 8.87. The fraction of sp³-hybridized carbons (Fsp3) is 1.00. The summed E-state index contributed by atoms with van der Waals surface area (Å²) >= 11 is 0. The Balaban J connectivity index is 3.32. The molecule has 14 heavy (non-hydrogen) atoms. The van der Waals surface area contributed by atoms with Crippen molar-refractivity contribution in [3.8, 4) is 0 Å². The Bertz CT molecular complexity index is 112. The first kappa shape index (κ1) is 14.0. The first-order valence-electron chi connectivity index (χ1n) is 6.35. The second-order valence-electron chi connectivity index (χ2n) is 4.64. The van der Waals surface area contributed by atoms with Crippen LogP contribution in [0.1, 0.15) is 65.7 Å². The zero-order chi connectivity index (χ0) is 10.8. The van der Waals surface area contributed by atoms with Gasteiger partial charge in [0.1, 0.15) is 0 Å². The minimum atomic E-state index is 0.353. The molecule has 0 aliphatic rings. The van der Waals surface area contributed by atoms with Crippen LogP contribution in [-0.4, -0.2) is 11.7 Å². The van der Waals surface area contributed by atoms with Gasteiger partial charge in [-0.15, -0.1) is 0 Å². The summed E-state index contributed by atoms with van der Waals surface area (Å²) in [6.07, 6.45) is 9.29. The molecule has 1 nitrogen and oxygen atoms in total. The molecule has 0 saturated carbocycles. The van der Waals surface area contributed by atoms with Gasteiger partial charge in [0.15, 0.2) is 0 Å². The van der Waals surface area contributed by atoms with Crippen LogP contribution < -0.4 is 0 Å². The SMILES string of the molecule is CCCC(CC)CCCCC(C)CO. The third kappa shape index (κ3) is 7.37. The second-order valence-corrected chi connectivity index (χ2v) is 4.64. The molecule has 0 aromatic rings. The van der Waals surface area contributed by atoms with Gasteiger partial charge in [0, 0.05) is 6.61 Å². The van der Waals surface area contributed by atoms with E-state index < -0.39 is 0 Å². The first-order valence-corrected chi connectivity index (χ1v) is 6.35. The zero-order valence-electron chi connectivity index (χ0n) is 10.3. The van der Waals surface area contributed by atoms with E-state index in [1.165, 1.54) is 44.9 Å². The normalized spacial score (nSPS) is 15.4. The van der Waals surface area contributed by atoms with E-state index in [0.717, 1.165) is 5.92 Å². The molecule has 0 aromatic carbocycles. The summed E-state index contributed by atoms with van der Waals surface area (Å²) in [5.41, 5.74) is 0. The lowest BCUT2D eigenvalue weighted by Crippen LogP contribution is -2.02. The largest absolute Gasteiger partial charge is 0.396 e. The molecule has 0 aliphatic heterocycles. The molecule has 0 fully saturated rings. The molecule has 0 spiro atoms. The summed E-state index contributed by atoms with van der Waals surface area (Å²) < 4.78 is 0. The van der Waals surface area contributed by atoms with Crippen molar-refractivity contribution < 1.29 is 5.11 Å². The molecule has 0 bridgehead atoms. The fourth-order valence-corrected chi connectivity index (χ4v) is 1.98. The third-order valence-corrected chi connectivity index (χ3v) is 3.15. The van der Waals surface area contributed by atoms with Gasteiger partial charge in [-0.2, -0.15) is 0 Å². The molecule has 86 valence electrons. The van der Waals surface area contributed by atoms with Gasteiger partial charge >= 0.3 is 0 Å². The molecule has 0 amide bonds. The summed E-state index contributed by atoms with van der Waals surface area (Å²) in [4.78, 5) is 0. The van der Waals surface area contributed by atoms with Crippen LogP contribution in [-0.2, 0) is 0 Å². The van der Waals surface area contributed by atoms with Crippen LogP contribution in [0.2, 0.25) is 0 Å². The number of aliphatic hydroxyl groups excluding tert-OH is 1. The van der Waals surface area contributed by atoms with E-state index in [-0.39, 0.29) is 0 Å². The van der Waals surface area contributed by atoms with E-state index in [1.54, 1.807) is 0 Å². The molecule has 0 saturated heterocycles. The van der Waals surface area contributed by atoms with E-state index in [2.05, 4.69) is 20.8 Å². The fourth-order valence-electron chi connectivity index (χ4n) is 1.98. The molecule has 0 rings (SSSR count). The Labute approximate surface area is 89.9 Å². The Morgan fingerprint density at radius 1 is 1.00 bits per heavy atom. The minimum Gasteiger partial charge on any atom is -0.396 e. The average Bonchev–Trinajstić information content (AvgIpc) is 2.22. The van der Waals surface area contributed by atoms with Crippen LogP contribution >= 0.6 is 0 Å². The van der Waals surface area contributed by atoms with E-state index in [4.69, 9.17) is 5.11 Å². The Kier molecular flexibility index (Phi) is 9.49. The van der Waals surface area contributed by atoms with Gasteiger partial charge in [-0.25, -0.2) is 0 Å². The quantitative estimate of drug-likeness (QED) is 0.558. The van der Waals surface area contributed by atoms with Gasteiger partial charge in [0.2, 0.25) is 0 Å². The van der Waals surface area contributed by atoms with Crippen molar-refractivity contribution in [2.75, 3.05) is 6.61 Å². The Hall–Kier alpha value is -0.0400. The number of unbranched alkanes of at least 4 members (excludes halogenated alkanes) is 1. The zero-order valence-corrected chi connectivity index (χ0v) is 10.3. The average molecular weight is 200 g/mol. The van der Waals surface area contributed by atoms with Crippen molar-refractivity contribution in [2.24, 2.45) is 11.8 Å². The highest BCUT2D eigenvalue weighted by molar-refractivity contribution is 4.58. The van der Waals surface area contributed by atoms with Gasteiger partial charge in [0.05, 0.1) is 0 Å². The predicted molar refractivity (Wildman–Crippen MR) is 63.4 cm³/mol. The molecule has 0 aliphatic carbocycles. The molecule has 2 atom stereocenters. The number of hydrogen-bond donors (Lipinski definition) is 1. The summed E-state index contributed by atoms with van der Waals surface area (Å²) in [6, 6.07) is 0. The maximum absolute atomic E-state index is 8.87. The third-order valence-electron chi connectivity index (χ3n) is 3.15. The molecular formula is C13H28O. The Morgan fingerprint density at radius 3 is 2.14 bits per heavy atom. The van der Waals surface area contributed by atoms with Crippen LogP contribution in [0.5, 0.6) is 0 Å². The highest BCUT2D eigenvalue weighted by Crippen LogP contribution is 2.19. The number of hydrogen-bond acceptors (Lipinski definition) is 1. The topological polar surface area (TPSA) is 20.2 Å². The van der Waals surface area contributed by atoms with E-state index in [9.17, 15) is 0 Å². The van der Waals surface area contributed by atoms with Crippen molar-refractivity contribution in [1.82, 2.24) is 0 Å². The lowest BCUT2D eigenvalue weighted by Gasteiger charge is -2.14. The smallest absolute Gasteiger partial charge is 0.0456 e. The minimum absolute atomic E-state index is 0.353. The first-order chi connectivity index (χ1) is 6.74. The molecule has 0 aromatic heterocycles. The molecule has 1 N–H and O–H groups in total. The van der Waals surface area contributed by atoms with Gasteiger partial charge < -0.3 is 5.11 Å². The molecular weight excluding hydrogens is 172 g/mol. The lowest BCUT2D eigenvalue weighted by atomic mass is 9.93. The molecule has 1 heteroatoms. The maximum Gasteiger partial charge on any atom is 0.0456 e. The molecule has 0 heterocycles. The Morgan fingerprint density at radius 2 is 1.64 bits per heavy atom. The van der Waals surface area contributed by atoms with Crippen LogP contribution in [0.25, 0.3) is 0 Å². The van der Waals surface area contributed by atoms with Crippen molar-refractivity contribution in [2.45, 2.75) is 65.7 Å². The van der Waals surface area contributed by atoms with Crippen molar-refractivity contribution in [3.05, 3.63) is 0 Å². The lowest BCUT2D eigenvalue weighted by molar-refractivity contribution is 0.226. The molecule has 0 radical (unpaired) electrons. The van der Waals surface area contributed by atoms with E-state index in [1.807, 2.05) is 0 Å². The summed E-state index contributed by atoms with van der Waals surface area (Å²) in [7, 11) is 0. The van der Waals surface area contributed by atoms with E-state index >= 15 is 0 Å². The monoisotopic (exact) mass is 200 g/mol. The summed E-state index contributed by atoms with van der Waals surface area (Å²) in [5.74, 6) is 1.45. The number of aliphatic hydroxyl groups is 1. The van der Waals surface area contributed by atoms with Gasteiger partial charge in [-0.05, 0) is 18.3 Å². The van der Waals surface area contributed by atoms with Gasteiger partial charge in [0.25, 0.3) is 0 Å². The van der Waals surface area contributed by atoms with Crippen LogP contribution in [0.15, 0.2) is 0 Å². The van der Waals surface area contributed by atoms with Crippen LogP contribution in [0, 0.1) is 11.8 Å². The second kappa shape index (κ2) is 9.51.